The zero-order valence-corrected chi connectivity index (χ0v) is 9.79. The topological polar surface area (TPSA) is 77.2 Å². The molecule has 106 valence electrons. The second-order valence-electron chi connectivity index (χ2n) is 3.53. The van der Waals surface area contributed by atoms with Crippen LogP contribution in [0.3, 0.4) is 0 Å². The molecular formula is C10H11F4N3O2. The van der Waals surface area contributed by atoms with Gasteiger partial charge in [-0.25, -0.2) is 18.6 Å². The first-order valence-electron chi connectivity index (χ1n) is 5.02. The Kier molecular flexibility index (Phi) is 4.52. The van der Waals surface area contributed by atoms with E-state index in [2.05, 4.69) is 9.72 Å². The number of anilines is 2. The van der Waals surface area contributed by atoms with Crippen molar-refractivity contribution in [2.24, 2.45) is 0 Å². The summed E-state index contributed by atoms with van der Waals surface area (Å²) in [7, 11) is 1.11. The van der Waals surface area contributed by atoms with Crippen molar-refractivity contribution in [3.63, 3.8) is 0 Å². The number of hydrogen-bond donors (Lipinski definition) is 2. The molecule has 0 atom stereocenters. The molecular weight excluding hydrogens is 270 g/mol. The fraction of sp³-hybridized carbons (Fsp3) is 0.400. The molecule has 0 radical (unpaired) electrons. The van der Waals surface area contributed by atoms with Crippen LogP contribution in [0.2, 0.25) is 0 Å². The van der Waals surface area contributed by atoms with E-state index in [0.717, 1.165) is 13.3 Å². The lowest BCUT2D eigenvalue weighted by Gasteiger charge is -2.17. The Balaban J connectivity index is 2.89. The highest BCUT2D eigenvalue weighted by molar-refractivity contribution is 5.97. The quantitative estimate of drug-likeness (QED) is 0.635. The summed E-state index contributed by atoms with van der Waals surface area (Å²) in [6.45, 7) is -1.35. The summed E-state index contributed by atoms with van der Waals surface area (Å²) in [4.78, 5) is 14.9. The number of halogens is 4. The molecule has 1 aromatic rings. The van der Waals surface area contributed by atoms with Crippen molar-refractivity contribution in [3.05, 3.63) is 17.8 Å². The summed E-state index contributed by atoms with van der Waals surface area (Å²) < 4.78 is 53.8. The van der Waals surface area contributed by atoms with E-state index in [4.69, 9.17) is 5.73 Å². The Hall–Kier alpha value is -2.06. The number of pyridine rings is 1. The molecule has 1 aromatic heterocycles. The first kappa shape index (κ1) is 15.0. The van der Waals surface area contributed by atoms with Crippen LogP contribution >= 0.6 is 0 Å². The molecule has 3 N–H and O–H groups in total. The summed E-state index contributed by atoms with van der Waals surface area (Å²) >= 11 is 0. The molecule has 0 aliphatic rings. The summed E-state index contributed by atoms with van der Waals surface area (Å²) in [6, 6.07) is 1.22. The molecule has 1 heterocycles. The van der Waals surface area contributed by atoms with Crippen molar-refractivity contribution in [2.75, 3.05) is 24.7 Å². The van der Waals surface area contributed by atoms with Crippen LogP contribution in [-0.2, 0) is 4.74 Å². The molecule has 1 rings (SSSR count). The van der Waals surface area contributed by atoms with E-state index in [1.165, 1.54) is 6.07 Å². The van der Waals surface area contributed by atoms with Crippen LogP contribution in [0.5, 0.6) is 0 Å². The number of carbonyl (C=O) groups is 1. The van der Waals surface area contributed by atoms with Crippen LogP contribution < -0.4 is 11.1 Å². The van der Waals surface area contributed by atoms with Crippen molar-refractivity contribution in [2.45, 2.75) is 12.3 Å². The van der Waals surface area contributed by atoms with Gasteiger partial charge in [0, 0.05) is 6.20 Å². The highest BCUT2D eigenvalue weighted by Crippen LogP contribution is 2.25. The van der Waals surface area contributed by atoms with Gasteiger partial charge >= 0.3 is 18.3 Å². The van der Waals surface area contributed by atoms with Crippen LogP contribution in [0.15, 0.2) is 12.3 Å². The number of nitrogens with one attached hydrogen (secondary N) is 1. The molecule has 0 aliphatic heterocycles. The van der Waals surface area contributed by atoms with E-state index in [-0.39, 0.29) is 17.1 Å². The summed E-state index contributed by atoms with van der Waals surface area (Å²) in [6.07, 6.45) is -2.70. The van der Waals surface area contributed by atoms with Crippen molar-refractivity contribution in [1.82, 2.24) is 4.98 Å². The Labute approximate surface area is 105 Å². The van der Waals surface area contributed by atoms with Gasteiger partial charge in [-0.05, 0) is 6.07 Å². The molecule has 0 bridgehead atoms. The first-order valence-corrected chi connectivity index (χ1v) is 5.02. The lowest BCUT2D eigenvalue weighted by atomic mass is 10.2. The average Bonchev–Trinajstić information content (AvgIpc) is 2.36. The van der Waals surface area contributed by atoms with Gasteiger partial charge in [0.1, 0.15) is 5.82 Å². The molecule has 0 saturated carbocycles. The summed E-state index contributed by atoms with van der Waals surface area (Å²) in [5.74, 6) is -5.30. The number of esters is 1. The van der Waals surface area contributed by atoms with Gasteiger partial charge in [-0.2, -0.15) is 8.78 Å². The summed E-state index contributed by atoms with van der Waals surface area (Å²) in [5, 5.41) is 1.98. The van der Waals surface area contributed by atoms with Gasteiger partial charge in [-0.15, -0.1) is 0 Å². The zero-order chi connectivity index (χ0) is 14.6. The smallest absolute Gasteiger partial charge is 0.340 e. The van der Waals surface area contributed by atoms with E-state index in [1.54, 1.807) is 0 Å². The van der Waals surface area contributed by atoms with Gasteiger partial charge in [0.05, 0.1) is 24.9 Å². The molecule has 0 spiro atoms. The van der Waals surface area contributed by atoms with Crippen LogP contribution in [0, 0.1) is 0 Å². The molecule has 9 heteroatoms. The normalized spacial score (nSPS) is 11.5. The molecule has 19 heavy (non-hydrogen) atoms. The second-order valence-corrected chi connectivity index (χ2v) is 3.53. The molecule has 0 saturated heterocycles. The number of alkyl halides is 4. The van der Waals surface area contributed by atoms with Gasteiger partial charge in [0.25, 0.3) is 0 Å². The fourth-order valence-electron chi connectivity index (χ4n) is 1.18. The number of ether oxygens (including phenoxy) is 1. The Morgan fingerprint density at radius 2 is 2.21 bits per heavy atom. The monoisotopic (exact) mass is 281 g/mol. The number of carbonyl (C=O) groups excluding carboxylic acids is 1. The second kappa shape index (κ2) is 5.72. The SMILES string of the molecule is COC(=O)c1ccnc(NCC(F)(F)C(F)F)c1N. The average molecular weight is 281 g/mol. The maximum absolute atomic E-state index is 12.7. The van der Waals surface area contributed by atoms with E-state index >= 15 is 0 Å². The van der Waals surface area contributed by atoms with Crippen LogP contribution in [0.4, 0.5) is 29.1 Å². The molecule has 0 fully saturated rings. The lowest BCUT2D eigenvalue weighted by molar-refractivity contribution is -0.117. The van der Waals surface area contributed by atoms with Crippen molar-refractivity contribution < 1.29 is 27.1 Å². The highest BCUT2D eigenvalue weighted by atomic mass is 19.3. The number of hydrogen-bond acceptors (Lipinski definition) is 5. The van der Waals surface area contributed by atoms with Crippen LogP contribution in [-0.4, -0.2) is 37.0 Å². The minimum Gasteiger partial charge on any atom is -0.465 e. The third-order valence-electron chi connectivity index (χ3n) is 2.21. The van der Waals surface area contributed by atoms with Crippen molar-refractivity contribution in [1.29, 1.82) is 0 Å². The maximum atomic E-state index is 12.7. The number of aromatic nitrogens is 1. The van der Waals surface area contributed by atoms with E-state index in [9.17, 15) is 22.4 Å². The minimum atomic E-state index is -4.23. The predicted octanol–water partition coefficient (Wildman–Crippen LogP) is 1.76. The van der Waals surface area contributed by atoms with Crippen LogP contribution in [0.25, 0.3) is 0 Å². The Morgan fingerprint density at radius 3 is 2.74 bits per heavy atom. The van der Waals surface area contributed by atoms with Crippen LogP contribution in [0.1, 0.15) is 10.4 Å². The Morgan fingerprint density at radius 1 is 1.58 bits per heavy atom. The number of nitrogen functional groups attached to an aromatic ring is 1. The lowest BCUT2D eigenvalue weighted by Crippen LogP contribution is -2.35. The third-order valence-corrected chi connectivity index (χ3v) is 2.21. The predicted molar refractivity (Wildman–Crippen MR) is 59.4 cm³/mol. The zero-order valence-electron chi connectivity index (χ0n) is 9.79. The number of nitrogens with zero attached hydrogens (tertiary/aromatic N) is 1. The van der Waals surface area contributed by atoms with E-state index in [0.29, 0.717) is 0 Å². The van der Waals surface area contributed by atoms with Crippen molar-refractivity contribution >= 4 is 17.5 Å². The van der Waals surface area contributed by atoms with Gasteiger partial charge < -0.3 is 15.8 Å². The largest absolute Gasteiger partial charge is 0.465 e. The van der Waals surface area contributed by atoms with Gasteiger partial charge in [-0.1, -0.05) is 0 Å². The molecule has 0 amide bonds. The maximum Gasteiger partial charge on any atom is 0.340 e. The third kappa shape index (κ3) is 3.46. The molecule has 5 nitrogen and oxygen atoms in total. The number of nitrogens with two attached hydrogens (primary N) is 1. The standard InChI is InChI=1S/C10H11F4N3O2/c1-19-8(18)5-2-3-16-7(6(5)15)17-4-10(13,14)9(11)12/h2-3,9H,4,15H2,1H3,(H,16,17). The van der Waals surface area contributed by atoms with Crippen molar-refractivity contribution in [3.8, 4) is 0 Å². The van der Waals surface area contributed by atoms with E-state index < -0.39 is 24.9 Å². The number of methoxy groups -OCH3 is 1. The summed E-state index contributed by atoms with van der Waals surface area (Å²) in [5.41, 5.74) is 5.16. The van der Waals surface area contributed by atoms with Gasteiger partial charge in [0.2, 0.25) is 0 Å². The molecule has 0 aliphatic carbocycles. The fourth-order valence-corrected chi connectivity index (χ4v) is 1.18. The van der Waals surface area contributed by atoms with Gasteiger partial charge in [0.15, 0.2) is 0 Å². The van der Waals surface area contributed by atoms with E-state index in [1.807, 2.05) is 5.32 Å². The molecule has 0 aromatic carbocycles. The highest BCUT2D eigenvalue weighted by Gasteiger charge is 2.40. The molecule has 0 unspecified atom stereocenters. The van der Waals surface area contributed by atoms with Gasteiger partial charge in [-0.3, -0.25) is 0 Å². The number of rotatable bonds is 5. The Bertz CT molecular complexity index is 468. The minimum absolute atomic E-state index is 0.0969. The first-order chi connectivity index (χ1) is 8.79.